The molecule has 11 heteroatoms. The summed E-state index contributed by atoms with van der Waals surface area (Å²) in [6, 6.07) is 14.9. The molecule has 0 bridgehead atoms. The van der Waals surface area contributed by atoms with E-state index < -0.39 is 20.0 Å². The molecule has 0 saturated carbocycles. The number of benzene rings is 2. The third kappa shape index (κ3) is 6.86. The van der Waals surface area contributed by atoms with Crippen molar-refractivity contribution in [1.82, 2.24) is 10.0 Å². The van der Waals surface area contributed by atoms with E-state index in [1.165, 1.54) is 36.6 Å². The Morgan fingerprint density at radius 2 is 1.64 bits per heavy atom. The number of hydrogen-bond donors (Lipinski definition) is 3. The van der Waals surface area contributed by atoms with Crippen LogP contribution in [0, 0.1) is 0 Å². The second-order valence-corrected chi connectivity index (χ2v) is 10.5. The maximum Gasteiger partial charge on any atom is 0.244 e. The molecule has 0 saturated heterocycles. The molecular formula is C22H23N3O6S2. The number of hydrogen-bond acceptors (Lipinski definition) is 6. The third-order valence-electron chi connectivity index (χ3n) is 4.70. The molecule has 1 aromatic heterocycles. The lowest BCUT2D eigenvalue weighted by molar-refractivity contribution is -0.117. The Kier molecular flexibility index (Phi) is 7.49. The molecule has 1 amide bonds. The van der Waals surface area contributed by atoms with Crippen LogP contribution in [0.25, 0.3) is 6.08 Å². The number of nitrogens with one attached hydrogen (secondary N) is 2. The van der Waals surface area contributed by atoms with Crippen LogP contribution in [-0.2, 0) is 31.4 Å². The molecule has 0 aliphatic heterocycles. The minimum absolute atomic E-state index is 0.00806. The molecule has 33 heavy (non-hydrogen) atoms. The van der Waals surface area contributed by atoms with Crippen LogP contribution >= 0.6 is 0 Å². The fraction of sp³-hybridized carbons (Fsp3) is 0.136. The van der Waals surface area contributed by atoms with Crippen LogP contribution in [0.5, 0.6) is 0 Å². The molecule has 9 nitrogen and oxygen atoms in total. The molecule has 4 N–H and O–H groups in total. The smallest absolute Gasteiger partial charge is 0.244 e. The van der Waals surface area contributed by atoms with Gasteiger partial charge in [0.05, 0.1) is 28.6 Å². The molecule has 174 valence electrons. The zero-order valence-electron chi connectivity index (χ0n) is 17.6. The highest BCUT2D eigenvalue weighted by Crippen LogP contribution is 2.16. The lowest BCUT2D eigenvalue weighted by Gasteiger charge is -2.13. The largest absolute Gasteiger partial charge is 0.468 e. The van der Waals surface area contributed by atoms with Crippen LogP contribution in [0.2, 0.25) is 0 Å². The predicted molar refractivity (Wildman–Crippen MR) is 123 cm³/mol. The first-order chi connectivity index (χ1) is 15.5. The summed E-state index contributed by atoms with van der Waals surface area (Å²) < 4.78 is 54.9. The summed E-state index contributed by atoms with van der Waals surface area (Å²) in [5, 5.41) is 7.85. The van der Waals surface area contributed by atoms with Gasteiger partial charge in [-0.05, 0) is 60.5 Å². The molecule has 3 rings (SSSR count). The molecular weight excluding hydrogens is 466 g/mol. The maximum absolute atomic E-state index is 12.4. The zero-order valence-corrected chi connectivity index (χ0v) is 19.3. The molecule has 2 aromatic carbocycles. The van der Waals surface area contributed by atoms with Crippen molar-refractivity contribution < 1.29 is 26.0 Å². The number of furan rings is 1. The van der Waals surface area contributed by atoms with Gasteiger partial charge in [0.1, 0.15) is 5.76 Å². The van der Waals surface area contributed by atoms with Crippen LogP contribution < -0.4 is 15.2 Å². The molecule has 0 radical (unpaired) electrons. The van der Waals surface area contributed by atoms with Gasteiger partial charge in [-0.1, -0.05) is 24.3 Å². The van der Waals surface area contributed by atoms with Crippen molar-refractivity contribution in [2.75, 3.05) is 0 Å². The van der Waals surface area contributed by atoms with Crippen molar-refractivity contribution in [2.24, 2.45) is 5.14 Å². The maximum atomic E-state index is 12.4. The molecule has 1 atom stereocenters. The number of nitrogens with two attached hydrogens (primary N) is 1. The van der Waals surface area contributed by atoms with E-state index in [2.05, 4.69) is 10.0 Å². The van der Waals surface area contributed by atoms with E-state index in [-0.39, 0.29) is 28.3 Å². The topological polar surface area (TPSA) is 149 Å². The van der Waals surface area contributed by atoms with E-state index in [0.717, 1.165) is 0 Å². The van der Waals surface area contributed by atoms with Crippen molar-refractivity contribution >= 4 is 32.0 Å². The number of rotatable bonds is 9. The number of carbonyl (C=O) groups is 1. The molecule has 0 fully saturated rings. The Bertz CT molecular complexity index is 1330. The normalized spacial score (nSPS) is 13.2. The summed E-state index contributed by atoms with van der Waals surface area (Å²) >= 11 is 0. The van der Waals surface area contributed by atoms with E-state index in [0.29, 0.717) is 16.9 Å². The summed E-state index contributed by atoms with van der Waals surface area (Å²) in [5.74, 6) is 0.133. The number of amides is 1. The summed E-state index contributed by atoms with van der Waals surface area (Å²) in [6.07, 6.45) is 4.35. The zero-order chi connectivity index (χ0) is 24.1. The van der Waals surface area contributed by atoms with Crippen molar-refractivity contribution in [1.29, 1.82) is 0 Å². The van der Waals surface area contributed by atoms with Gasteiger partial charge in [0, 0.05) is 6.08 Å². The number of sulfonamides is 2. The third-order valence-corrected chi connectivity index (χ3v) is 7.05. The Balaban J connectivity index is 1.57. The van der Waals surface area contributed by atoms with E-state index >= 15 is 0 Å². The summed E-state index contributed by atoms with van der Waals surface area (Å²) in [5.41, 5.74) is 1.35. The Morgan fingerprint density at radius 1 is 1.00 bits per heavy atom. The van der Waals surface area contributed by atoms with E-state index in [1.54, 1.807) is 49.4 Å². The SMILES string of the molecule is CC(NC(=O)/C=C/c1ccc(S(=O)(=O)NCc2ccco2)cc1)c1ccc(S(N)(=O)=O)cc1. The highest BCUT2D eigenvalue weighted by Gasteiger charge is 2.14. The summed E-state index contributed by atoms with van der Waals surface area (Å²) in [6.45, 7) is 1.80. The average Bonchev–Trinajstić information content (AvgIpc) is 3.30. The Morgan fingerprint density at radius 3 is 2.21 bits per heavy atom. The van der Waals surface area contributed by atoms with E-state index in [9.17, 15) is 21.6 Å². The van der Waals surface area contributed by atoms with E-state index in [1.807, 2.05) is 0 Å². The van der Waals surface area contributed by atoms with Gasteiger partial charge in [0.2, 0.25) is 26.0 Å². The lowest BCUT2D eigenvalue weighted by Crippen LogP contribution is -2.24. The molecule has 0 spiro atoms. The van der Waals surface area contributed by atoms with Gasteiger partial charge in [-0.15, -0.1) is 0 Å². The lowest BCUT2D eigenvalue weighted by atomic mass is 10.1. The van der Waals surface area contributed by atoms with Gasteiger partial charge >= 0.3 is 0 Å². The van der Waals surface area contributed by atoms with Crippen molar-refractivity contribution in [3.63, 3.8) is 0 Å². The van der Waals surface area contributed by atoms with Crippen LogP contribution in [-0.4, -0.2) is 22.7 Å². The highest BCUT2D eigenvalue weighted by atomic mass is 32.2. The molecule has 1 heterocycles. The fourth-order valence-corrected chi connectivity index (χ4v) is 4.39. The molecule has 1 unspecified atom stereocenters. The average molecular weight is 490 g/mol. The molecule has 0 aliphatic carbocycles. The number of carbonyl (C=O) groups excluding carboxylic acids is 1. The second-order valence-electron chi connectivity index (χ2n) is 7.15. The van der Waals surface area contributed by atoms with Gasteiger partial charge in [-0.3, -0.25) is 4.79 Å². The second kappa shape index (κ2) is 10.1. The molecule has 3 aromatic rings. The first kappa shape index (κ1) is 24.4. The first-order valence-corrected chi connectivity index (χ1v) is 12.8. The molecule has 0 aliphatic rings. The minimum atomic E-state index is -3.78. The first-order valence-electron chi connectivity index (χ1n) is 9.78. The quantitative estimate of drug-likeness (QED) is 0.393. The van der Waals surface area contributed by atoms with E-state index in [4.69, 9.17) is 9.56 Å². The minimum Gasteiger partial charge on any atom is -0.468 e. The van der Waals surface area contributed by atoms with Gasteiger partial charge in [0.15, 0.2) is 0 Å². The van der Waals surface area contributed by atoms with Gasteiger partial charge in [-0.2, -0.15) is 0 Å². The van der Waals surface area contributed by atoms with Crippen molar-refractivity contribution in [3.8, 4) is 0 Å². The number of primary sulfonamides is 1. The Labute approximate surface area is 192 Å². The van der Waals surface area contributed by atoms with Gasteiger partial charge < -0.3 is 9.73 Å². The van der Waals surface area contributed by atoms with Gasteiger partial charge in [0.25, 0.3) is 0 Å². The standard InChI is InChI=1S/C22H23N3O6S2/c1-16(18-7-11-20(12-8-18)32(23,27)28)25-22(26)13-6-17-4-9-21(10-5-17)33(29,30)24-15-19-3-2-14-31-19/h2-14,16,24H,15H2,1H3,(H,25,26)(H2,23,27,28)/b13-6+. The van der Waals surface area contributed by atoms with Crippen LogP contribution in [0.4, 0.5) is 0 Å². The van der Waals surface area contributed by atoms with Crippen LogP contribution in [0.15, 0.2) is 87.2 Å². The van der Waals surface area contributed by atoms with Gasteiger partial charge in [-0.25, -0.2) is 26.7 Å². The Hall–Kier alpha value is -3.25. The van der Waals surface area contributed by atoms with Crippen LogP contribution in [0.3, 0.4) is 0 Å². The summed E-state index contributed by atoms with van der Waals surface area (Å²) in [4.78, 5) is 12.3. The highest BCUT2D eigenvalue weighted by molar-refractivity contribution is 7.89. The van der Waals surface area contributed by atoms with Crippen molar-refractivity contribution in [2.45, 2.75) is 29.3 Å². The van der Waals surface area contributed by atoms with Crippen molar-refractivity contribution in [3.05, 3.63) is 89.9 Å². The summed E-state index contributed by atoms with van der Waals surface area (Å²) in [7, 11) is -7.48. The van der Waals surface area contributed by atoms with Crippen LogP contribution in [0.1, 0.15) is 29.9 Å². The predicted octanol–water partition coefficient (Wildman–Crippen LogP) is 2.30. The monoisotopic (exact) mass is 489 g/mol. The fourth-order valence-electron chi connectivity index (χ4n) is 2.88.